The van der Waals surface area contributed by atoms with E-state index in [1.165, 1.54) is 23.7 Å². The molecule has 0 radical (unpaired) electrons. The number of carbonyl (C=O) groups excluding carboxylic acids is 1. The Balaban J connectivity index is 1.90. The molecule has 0 aliphatic carbocycles. The number of pyridine rings is 1. The summed E-state index contributed by atoms with van der Waals surface area (Å²) in [7, 11) is -3.66. The summed E-state index contributed by atoms with van der Waals surface area (Å²) in [4.78, 5) is 17.2. The van der Waals surface area contributed by atoms with Crippen LogP contribution in [0.25, 0.3) is 0 Å². The molecule has 1 atom stereocenters. The number of nitrogens with one attached hydrogen (secondary N) is 1. The minimum Gasteiger partial charge on any atom is -0.350 e. The van der Waals surface area contributed by atoms with Crippen LogP contribution < -0.4 is 5.32 Å². The second-order valence-corrected chi connectivity index (χ2v) is 9.35. The van der Waals surface area contributed by atoms with Gasteiger partial charge in [0.15, 0.2) is 9.84 Å². The highest BCUT2D eigenvalue weighted by Gasteiger charge is 2.30. The molecule has 0 aliphatic heterocycles. The van der Waals surface area contributed by atoms with Crippen LogP contribution >= 0.6 is 11.3 Å². The highest BCUT2D eigenvalue weighted by molar-refractivity contribution is 7.91. The zero-order valence-electron chi connectivity index (χ0n) is 15.0. The minimum absolute atomic E-state index is 0.00305. The molecule has 7 heteroatoms. The molecule has 0 saturated heterocycles. The molecule has 0 bridgehead atoms. The van der Waals surface area contributed by atoms with Gasteiger partial charge in [-0.2, -0.15) is 0 Å². The molecule has 0 aliphatic rings. The molecule has 0 fully saturated rings. The first-order valence-corrected chi connectivity index (χ1v) is 10.8. The van der Waals surface area contributed by atoms with Gasteiger partial charge in [-0.05, 0) is 60.7 Å². The third kappa shape index (κ3) is 4.26. The quantitative estimate of drug-likeness (QED) is 0.684. The monoisotopic (exact) mass is 400 g/mol. The average Bonchev–Trinajstić information content (AvgIpc) is 3.18. The Morgan fingerprint density at radius 1 is 1.11 bits per heavy atom. The summed E-state index contributed by atoms with van der Waals surface area (Å²) in [6, 6.07) is 11.9. The van der Waals surface area contributed by atoms with Crippen molar-refractivity contribution in [2.24, 2.45) is 0 Å². The molecule has 2 aromatic heterocycles. The van der Waals surface area contributed by atoms with E-state index < -0.39 is 15.1 Å². The second kappa shape index (κ2) is 8.02. The van der Waals surface area contributed by atoms with Gasteiger partial charge in [0.1, 0.15) is 5.25 Å². The van der Waals surface area contributed by atoms with Gasteiger partial charge in [-0.1, -0.05) is 12.1 Å². The first kappa shape index (κ1) is 19.3. The number of nitrogens with zero attached hydrogens (tertiary/aromatic N) is 1. The SMILES string of the molecule is Cc1ccc(S(=O)(=O)[C@H](CNC(=O)c2ccncc2)c2cccs2)cc1C. The highest BCUT2D eigenvalue weighted by Crippen LogP contribution is 2.32. The maximum atomic E-state index is 13.3. The molecule has 2 heterocycles. The Morgan fingerprint density at radius 3 is 2.48 bits per heavy atom. The van der Waals surface area contributed by atoms with Crippen molar-refractivity contribution in [1.29, 1.82) is 0 Å². The van der Waals surface area contributed by atoms with E-state index in [-0.39, 0.29) is 17.3 Å². The van der Waals surface area contributed by atoms with Crippen LogP contribution in [0.3, 0.4) is 0 Å². The van der Waals surface area contributed by atoms with E-state index in [0.29, 0.717) is 10.4 Å². The summed E-state index contributed by atoms with van der Waals surface area (Å²) >= 11 is 1.37. The lowest BCUT2D eigenvalue weighted by molar-refractivity contribution is 0.0953. The van der Waals surface area contributed by atoms with Gasteiger partial charge < -0.3 is 5.32 Å². The van der Waals surface area contributed by atoms with Crippen molar-refractivity contribution in [2.45, 2.75) is 24.0 Å². The Labute approximate surface area is 163 Å². The number of hydrogen-bond donors (Lipinski definition) is 1. The lowest BCUT2D eigenvalue weighted by atomic mass is 10.1. The molecule has 1 aromatic carbocycles. The standard InChI is InChI=1S/C20H20N2O3S2/c1-14-5-6-17(12-15(14)2)27(24,25)19(18-4-3-11-26-18)13-22-20(23)16-7-9-21-10-8-16/h3-12,19H,13H2,1-2H3,(H,22,23)/t19-/m1/s1. The van der Waals surface area contributed by atoms with E-state index in [9.17, 15) is 13.2 Å². The summed E-state index contributed by atoms with van der Waals surface area (Å²) in [5, 5.41) is 3.74. The van der Waals surface area contributed by atoms with Crippen molar-refractivity contribution in [3.05, 3.63) is 81.8 Å². The number of amides is 1. The molecule has 27 heavy (non-hydrogen) atoms. The van der Waals surface area contributed by atoms with Crippen LogP contribution in [0.4, 0.5) is 0 Å². The fourth-order valence-electron chi connectivity index (χ4n) is 2.68. The predicted molar refractivity (Wildman–Crippen MR) is 107 cm³/mol. The lowest BCUT2D eigenvalue weighted by Gasteiger charge is -2.18. The van der Waals surface area contributed by atoms with Gasteiger partial charge in [0, 0.05) is 29.4 Å². The van der Waals surface area contributed by atoms with Gasteiger partial charge in [0.2, 0.25) is 0 Å². The number of hydrogen-bond acceptors (Lipinski definition) is 5. The van der Waals surface area contributed by atoms with Gasteiger partial charge in [-0.15, -0.1) is 11.3 Å². The van der Waals surface area contributed by atoms with Gasteiger partial charge in [-0.25, -0.2) is 8.42 Å². The number of benzene rings is 1. The van der Waals surface area contributed by atoms with Crippen LogP contribution in [0.1, 0.15) is 31.6 Å². The zero-order valence-corrected chi connectivity index (χ0v) is 16.7. The summed E-state index contributed by atoms with van der Waals surface area (Å²) in [5.41, 5.74) is 2.40. The van der Waals surface area contributed by atoms with E-state index >= 15 is 0 Å². The highest BCUT2D eigenvalue weighted by atomic mass is 32.2. The zero-order chi connectivity index (χ0) is 19.4. The molecule has 5 nitrogen and oxygen atoms in total. The normalized spacial score (nSPS) is 12.5. The number of thiophene rings is 1. The molecule has 3 rings (SSSR count). The first-order chi connectivity index (χ1) is 12.9. The fraction of sp³-hybridized carbons (Fsp3) is 0.200. The van der Waals surface area contributed by atoms with Crippen molar-refractivity contribution in [2.75, 3.05) is 6.54 Å². The number of aromatic nitrogens is 1. The van der Waals surface area contributed by atoms with Crippen LogP contribution in [0.15, 0.2) is 65.1 Å². The second-order valence-electron chi connectivity index (χ2n) is 6.24. The molecule has 140 valence electrons. The van der Waals surface area contributed by atoms with Gasteiger partial charge in [0.25, 0.3) is 5.91 Å². The number of rotatable bonds is 6. The third-order valence-corrected chi connectivity index (χ3v) is 7.65. The summed E-state index contributed by atoms with van der Waals surface area (Å²) < 4.78 is 26.6. The van der Waals surface area contributed by atoms with Crippen molar-refractivity contribution in [3.63, 3.8) is 0 Å². The predicted octanol–water partition coefficient (Wildman–Crippen LogP) is 3.70. The van der Waals surface area contributed by atoms with Gasteiger partial charge in [0.05, 0.1) is 4.90 Å². The van der Waals surface area contributed by atoms with Crippen molar-refractivity contribution < 1.29 is 13.2 Å². The van der Waals surface area contributed by atoms with Crippen LogP contribution in [-0.2, 0) is 9.84 Å². The summed E-state index contributed by atoms with van der Waals surface area (Å²) in [5.74, 6) is -0.325. The Hall–Kier alpha value is -2.51. The molecular weight excluding hydrogens is 380 g/mol. The molecule has 1 amide bonds. The first-order valence-electron chi connectivity index (χ1n) is 8.42. The smallest absolute Gasteiger partial charge is 0.251 e. The maximum absolute atomic E-state index is 13.3. The molecule has 0 unspecified atom stereocenters. The van der Waals surface area contributed by atoms with E-state index in [1.807, 2.05) is 31.4 Å². The minimum atomic E-state index is -3.66. The van der Waals surface area contributed by atoms with Crippen molar-refractivity contribution in [3.8, 4) is 0 Å². The Kier molecular flexibility index (Phi) is 5.72. The van der Waals surface area contributed by atoms with Gasteiger partial charge in [-0.3, -0.25) is 9.78 Å². The van der Waals surface area contributed by atoms with E-state index in [2.05, 4.69) is 10.3 Å². The number of carbonyl (C=O) groups is 1. The maximum Gasteiger partial charge on any atom is 0.251 e. The van der Waals surface area contributed by atoms with Crippen LogP contribution in [-0.4, -0.2) is 25.9 Å². The van der Waals surface area contributed by atoms with Gasteiger partial charge >= 0.3 is 0 Å². The Morgan fingerprint density at radius 2 is 1.85 bits per heavy atom. The summed E-state index contributed by atoms with van der Waals surface area (Å²) in [6.45, 7) is 3.83. The third-order valence-electron chi connectivity index (χ3n) is 4.43. The molecule has 1 N–H and O–H groups in total. The lowest BCUT2D eigenvalue weighted by Crippen LogP contribution is -2.31. The van der Waals surface area contributed by atoms with Crippen LogP contribution in [0, 0.1) is 13.8 Å². The number of aryl methyl sites for hydroxylation is 2. The molecular formula is C20H20N2O3S2. The van der Waals surface area contributed by atoms with E-state index in [0.717, 1.165) is 11.1 Å². The average molecular weight is 401 g/mol. The molecule has 3 aromatic rings. The van der Waals surface area contributed by atoms with Crippen molar-refractivity contribution >= 4 is 27.1 Å². The van der Waals surface area contributed by atoms with Crippen molar-refractivity contribution in [1.82, 2.24) is 10.3 Å². The fourth-order valence-corrected chi connectivity index (χ4v) is 5.55. The van der Waals surface area contributed by atoms with Crippen LogP contribution in [0.2, 0.25) is 0 Å². The largest absolute Gasteiger partial charge is 0.350 e. The van der Waals surface area contributed by atoms with Crippen LogP contribution in [0.5, 0.6) is 0 Å². The van der Waals surface area contributed by atoms with E-state index in [4.69, 9.17) is 0 Å². The topological polar surface area (TPSA) is 76.1 Å². The number of sulfone groups is 1. The molecule has 0 spiro atoms. The summed E-state index contributed by atoms with van der Waals surface area (Å²) in [6.07, 6.45) is 3.05. The molecule has 0 saturated carbocycles. The van der Waals surface area contributed by atoms with E-state index in [1.54, 1.807) is 30.3 Å². The Bertz CT molecular complexity index is 1030.